The highest BCUT2D eigenvalue weighted by molar-refractivity contribution is 7.11. The average molecular weight is 282 g/mol. The molecule has 0 spiro atoms. The van der Waals surface area contributed by atoms with Crippen LogP contribution in [0.15, 0.2) is 12.1 Å². The van der Waals surface area contributed by atoms with Crippen molar-refractivity contribution in [3.8, 4) is 0 Å². The molecule has 104 valence electrons. The van der Waals surface area contributed by atoms with Gasteiger partial charge in [0.15, 0.2) is 0 Å². The SMILES string of the molecule is Cc1ccc(CNC(=O)NC2(C(=O)O)CCCC2)s1. The van der Waals surface area contributed by atoms with Crippen molar-refractivity contribution in [3.63, 3.8) is 0 Å². The lowest BCUT2D eigenvalue weighted by Crippen LogP contribution is -2.55. The summed E-state index contributed by atoms with van der Waals surface area (Å²) in [7, 11) is 0. The number of hydrogen-bond donors (Lipinski definition) is 3. The third-order valence-electron chi connectivity index (χ3n) is 3.44. The number of carbonyl (C=O) groups is 2. The molecule has 1 aromatic heterocycles. The maximum atomic E-state index is 11.8. The Morgan fingerprint density at radius 2 is 2.05 bits per heavy atom. The van der Waals surface area contributed by atoms with E-state index in [0.717, 1.165) is 17.7 Å². The number of thiophene rings is 1. The van der Waals surface area contributed by atoms with Gasteiger partial charge in [-0.3, -0.25) is 0 Å². The Morgan fingerprint density at radius 1 is 1.37 bits per heavy atom. The summed E-state index contributed by atoms with van der Waals surface area (Å²) in [6.45, 7) is 2.44. The number of aliphatic carboxylic acids is 1. The minimum atomic E-state index is -1.07. The highest BCUT2D eigenvalue weighted by atomic mass is 32.1. The van der Waals surface area contributed by atoms with E-state index in [9.17, 15) is 14.7 Å². The maximum absolute atomic E-state index is 11.8. The quantitative estimate of drug-likeness (QED) is 0.792. The van der Waals surface area contributed by atoms with E-state index in [0.29, 0.717) is 19.4 Å². The van der Waals surface area contributed by atoms with Crippen LogP contribution in [-0.2, 0) is 11.3 Å². The fraction of sp³-hybridized carbons (Fsp3) is 0.538. The Bertz CT molecular complexity index is 478. The second-order valence-electron chi connectivity index (χ2n) is 4.91. The number of amides is 2. The number of carbonyl (C=O) groups excluding carboxylic acids is 1. The Balaban J connectivity index is 1.88. The van der Waals surface area contributed by atoms with Crippen molar-refractivity contribution in [3.05, 3.63) is 21.9 Å². The van der Waals surface area contributed by atoms with Gasteiger partial charge in [-0.15, -0.1) is 11.3 Å². The van der Waals surface area contributed by atoms with Gasteiger partial charge in [0.2, 0.25) is 0 Å². The van der Waals surface area contributed by atoms with E-state index in [1.807, 2.05) is 19.1 Å². The Kier molecular flexibility index (Phi) is 4.09. The van der Waals surface area contributed by atoms with E-state index in [1.54, 1.807) is 11.3 Å². The molecule has 1 aliphatic rings. The predicted molar refractivity (Wildman–Crippen MR) is 73.3 cm³/mol. The second-order valence-corrected chi connectivity index (χ2v) is 6.29. The van der Waals surface area contributed by atoms with Gasteiger partial charge in [-0.25, -0.2) is 9.59 Å². The van der Waals surface area contributed by atoms with Crippen LogP contribution in [0, 0.1) is 6.92 Å². The summed E-state index contributed by atoms with van der Waals surface area (Å²) in [5.74, 6) is -0.938. The molecule has 0 aliphatic heterocycles. The van der Waals surface area contributed by atoms with Crippen LogP contribution in [0.4, 0.5) is 4.79 Å². The summed E-state index contributed by atoms with van der Waals surface area (Å²) in [5.41, 5.74) is -1.07. The largest absolute Gasteiger partial charge is 0.480 e. The van der Waals surface area contributed by atoms with Crippen LogP contribution in [-0.4, -0.2) is 22.6 Å². The summed E-state index contributed by atoms with van der Waals surface area (Å²) in [5, 5.41) is 14.6. The number of carboxylic acids is 1. The number of nitrogens with one attached hydrogen (secondary N) is 2. The van der Waals surface area contributed by atoms with E-state index in [2.05, 4.69) is 10.6 Å². The zero-order valence-corrected chi connectivity index (χ0v) is 11.7. The number of carboxylic acid groups (broad SMARTS) is 1. The van der Waals surface area contributed by atoms with Crippen LogP contribution < -0.4 is 10.6 Å². The monoisotopic (exact) mass is 282 g/mol. The van der Waals surface area contributed by atoms with Gasteiger partial charge in [0.05, 0.1) is 6.54 Å². The van der Waals surface area contributed by atoms with Crippen LogP contribution >= 0.6 is 11.3 Å². The van der Waals surface area contributed by atoms with Crippen molar-refractivity contribution >= 4 is 23.3 Å². The highest BCUT2D eigenvalue weighted by Gasteiger charge is 2.42. The predicted octanol–water partition coefficient (Wildman–Crippen LogP) is 2.25. The van der Waals surface area contributed by atoms with Crippen molar-refractivity contribution < 1.29 is 14.7 Å². The average Bonchev–Trinajstić information content (AvgIpc) is 2.97. The first kappa shape index (κ1) is 13.9. The Labute approximate surface area is 116 Å². The number of urea groups is 1. The molecule has 2 amide bonds. The molecule has 19 heavy (non-hydrogen) atoms. The second kappa shape index (κ2) is 5.61. The lowest BCUT2D eigenvalue weighted by molar-refractivity contribution is -0.144. The molecule has 0 saturated heterocycles. The van der Waals surface area contributed by atoms with Crippen molar-refractivity contribution in [1.29, 1.82) is 0 Å². The fourth-order valence-corrected chi connectivity index (χ4v) is 3.21. The van der Waals surface area contributed by atoms with Crippen LogP contribution in [0.2, 0.25) is 0 Å². The van der Waals surface area contributed by atoms with Gasteiger partial charge < -0.3 is 15.7 Å². The molecule has 1 aromatic rings. The van der Waals surface area contributed by atoms with Gasteiger partial charge in [-0.1, -0.05) is 12.8 Å². The van der Waals surface area contributed by atoms with Gasteiger partial charge in [0.1, 0.15) is 5.54 Å². The Morgan fingerprint density at radius 3 is 2.58 bits per heavy atom. The molecule has 1 saturated carbocycles. The first-order chi connectivity index (χ1) is 9.02. The van der Waals surface area contributed by atoms with Gasteiger partial charge in [0.25, 0.3) is 0 Å². The molecular formula is C13H18N2O3S. The molecule has 0 bridgehead atoms. The summed E-state index contributed by atoms with van der Waals surface area (Å²) in [6, 6.07) is 3.55. The first-order valence-corrected chi connectivity index (χ1v) is 7.18. The molecule has 1 aliphatic carbocycles. The molecule has 0 unspecified atom stereocenters. The van der Waals surface area contributed by atoms with Gasteiger partial charge in [-0.2, -0.15) is 0 Å². The number of hydrogen-bond acceptors (Lipinski definition) is 3. The highest BCUT2D eigenvalue weighted by Crippen LogP contribution is 2.29. The molecule has 0 radical (unpaired) electrons. The Hall–Kier alpha value is -1.56. The molecular weight excluding hydrogens is 264 g/mol. The van der Waals surface area contributed by atoms with Gasteiger partial charge >= 0.3 is 12.0 Å². The van der Waals surface area contributed by atoms with Gasteiger partial charge in [-0.05, 0) is 31.9 Å². The zero-order chi connectivity index (χ0) is 13.9. The molecule has 2 rings (SSSR count). The van der Waals surface area contributed by atoms with E-state index in [4.69, 9.17) is 0 Å². The summed E-state index contributed by atoms with van der Waals surface area (Å²) < 4.78 is 0. The standard InChI is InChI=1S/C13H18N2O3S/c1-9-4-5-10(19-9)8-14-12(18)15-13(11(16)17)6-2-3-7-13/h4-5H,2-3,6-8H2,1H3,(H,16,17)(H2,14,15,18). The van der Waals surface area contributed by atoms with E-state index >= 15 is 0 Å². The van der Waals surface area contributed by atoms with Gasteiger partial charge in [0, 0.05) is 9.75 Å². The lowest BCUT2D eigenvalue weighted by Gasteiger charge is -2.25. The lowest BCUT2D eigenvalue weighted by atomic mass is 9.98. The molecule has 5 nitrogen and oxygen atoms in total. The minimum absolute atomic E-state index is 0.407. The summed E-state index contributed by atoms with van der Waals surface area (Å²) >= 11 is 1.62. The molecule has 6 heteroatoms. The topological polar surface area (TPSA) is 78.4 Å². The molecule has 1 fully saturated rings. The minimum Gasteiger partial charge on any atom is -0.480 e. The van der Waals surface area contributed by atoms with E-state index in [1.165, 1.54) is 4.88 Å². The van der Waals surface area contributed by atoms with E-state index in [-0.39, 0.29) is 0 Å². The van der Waals surface area contributed by atoms with Crippen LogP contribution in [0.1, 0.15) is 35.4 Å². The van der Waals surface area contributed by atoms with Crippen molar-refractivity contribution in [2.75, 3.05) is 0 Å². The first-order valence-electron chi connectivity index (χ1n) is 6.37. The van der Waals surface area contributed by atoms with Crippen LogP contribution in [0.25, 0.3) is 0 Å². The molecule has 3 N–H and O–H groups in total. The summed E-state index contributed by atoms with van der Waals surface area (Å²) in [4.78, 5) is 25.4. The number of rotatable bonds is 4. The van der Waals surface area contributed by atoms with Crippen molar-refractivity contribution in [1.82, 2.24) is 10.6 Å². The van der Waals surface area contributed by atoms with Crippen LogP contribution in [0.5, 0.6) is 0 Å². The molecule has 0 aromatic carbocycles. The summed E-state index contributed by atoms with van der Waals surface area (Å²) in [6.07, 6.45) is 2.70. The normalized spacial score (nSPS) is 17.1. The molecule has 1 heterocycles. The zero-order valence-electron chi connectivity index (χ0n) is 10.9. The maximum Gasteiger partial charge on any atom is 0.329 e. The third-order valence-corrected chi connectivity index (χ3v) is 4.44. The third kappa shape index (κ3) is 3.26. The smallest absolute Gasteiger partial charge is 0.329 e. The fourth-order valence-electron chi connectivity index (χ4n) is 2.38. The van der Waals surface area contributed by atoms with Crippen molar-refractivity contribution in [2.45, 2.75) is 44.7 Å². The van der Waals surface area contributed by atoms with Crippen LogP contribution in [0.3, 0.4) is 0 Å². The number of aryl methyl sites for hydroxylation is 1. The molecule has 0 atom stereocenters. The van der Waals surface area contributed by atoms with Crippen molar-refractivity contribution in [2.24, 2.45) is 0 Å². The van der Waals surface area contributed by atoms with E-state index < -0.39 is 17.5 Å².